The second-order valence-corrected chi connectivity index (χ2v) is 5.32. The number of rotatable bonds is 5. The van der Waals surface area contributed by atoms with Crippen LogP contribution in [0.1, 0.15) is 40.6 Å². The summed E-state index contributed by atoms with van der Waals surface area (Å²) < 4.78 is 0. The van der Waals surface area contributed by atoms with E-state index in [1.165, 1.54) is 18.3 Å². The van der Waals surface area contributed by atoms with Gasteiger partial charge >= 0.3 is 5.97 Å². The van der Waals surface area contributed by atoms with Crippen LogP contribution in [0.15, 0.2) is 18.3 Å². The van der Waals surface area contributed by atoms with Crippen LogP contribution in [-0.2, 0) is 0 Å². The molecule has 1 amide bonds. The molecule has 0 aromatic carbocycles. The molecular formula is C15H21N3O3. The Hall–Kier alpha value is -1.95. The summed E-state index contributed by atoms with van der Waals surface area (Å²) in [5, 5.41) is 11.7. The third-order valence-electron chi connectivity index (χ3n) is 3.95. The Bertz CT molecular complexity index is 493. The van der Waals surface area contributed by atoms with Crippen LogP contribution in [0.25, 0.3) is 0 Å². The number of carbonyl (C=O) groups is 2. The monoisotopic (exact) mass is 291 g/mol. The Morgan fingerprint density at radius 2 is 2.10 bits per heavy atom. The van der Waals surface area contributed by atoms with Crippen molar-refractivity contribution < 1.29 is 14.7 Å². The van der Waals surface area contributed by atoms with Crippen LogP contribution < -0.4 is 5.32 Å². The smallest absolute Gasteiger partial charge is 0.354 e. The number of nitrogens with one attached hydrogen (secondary N) is 1. The average molecular weight is 291 g/mol. The third kappa shape index (κ3) is 4.26. The maximum absolute atomic E-state index is 12.0. The van der Waals surface area contributed by atoms with E-state index in [4.69, 9.17) is 5.11 Å². The molecule has 0 aliphatic carbocycles. The molecule has 0 saturated carbocycles. The number of likely N-dealkylation sites (tertiary alicyclic amines) is 1. The lowest BCUT2D eigenvalue weighted by atomic mass is 9.97. The second-order valence-electron chi connectivity index (χ2n) is 5.32. The quantitative estimate of drug-likeness (QED) is 0.853. The van der Waals surface area contributed by atoms with Gasteiger partial charge in [-0.1, -0.05) is 6.92 Å². The molecule has 1 aromatic rings. The average Bonchev–Trinajstić information content (AvgIpc) is 2.53. The molecule has 0 radical (unpaired) electrons. The van der Waals surface area contributed by atoms with Gasteiger partial charge in [0, 0.05) is 12.7 Å². The number of hydrogen-bond acceptors (Lipinski definition) is 4. The summed E-state index contributed by atoms with van der Waals surface area (Å²) in [4.78, 5) is 28.8. The van der Waals surface area contributed by atoms with E-state index in [1.54, 1.807) is 0 Å². The molecule has 0 atom stereocenters. The first kappa shape index (κ1) is 15.4. The molecule has 0 unspecified atom stereocenters. The van der Waals surface area contributed by atoms with Crippen LogP contribution in [0.2, 0.25) is 0 Å². The lowest BCUT2D eigenvalue weighted by Gasteiger charge is -2.31. The first-order chi connectivity index (χ1) is 10.1. The van der Waals surface area contributed by atoms with E-state index < -0.39 is 5.97 Å². The summed E-state index contributed by atoms with van der Waals surface area (Å²) in [6, 6.07) is 2.84. The maximum Gasteiger partial charge on any atom is 0.354 e. The molecule has 1 fully saturated rings. The number of pyridine rings is 1. The van der Waals surface area contributed by atoms with E-state index in [0.29, 0.717) is 18.0 Å². The van der Waals surface area contributed by atoms with Crippen molar-refractivity contribution in [2.45, 2.75) is 19.8 Å². The van der Waals surface area contributed by atoms with Crippen molar-refractivity contribution >= 4 is 11.9 Å². The Morgan fingerprint density at radius 1 is 1.38 bits per heavy atom. The SMILES string of the molecule is CCN1CCC(CNC(=O)c2ccc(C(=O)O)nc2)CC1. The van der Waals surface area contributed by atoms with Gasteiger partial charge in [-0.05, 0) is 50.5 Å². The molecule has 2 rings (SSSR count). The molecule has 21 heavy (non-hydrogen) atoms. The van der Waals surface area contributed by atoms with Crippen LogP contribution >= 0.6 is 0 Å². The number of carbonyl (C=O) groups excluding carboxylic acids is 1. The van der Waals surface area contributed by atoms with Gasteiger partial charge < -0.3 is 15.3 Å². The van der Waals surface area contributed by atoms with Crippen molar-refractivity contribution in [3.8, 4) is 0 Å². The fourth-order valence-corrected chi connectivity index (χ4v) is 2.50. The van der Waals surface area contributed by atoms with Crippen molar-refractivity contribution in [1.29, 1.82) is 0 Å². The first-order valence-corrected chi connectivity index (χ1v) is 7.30. The minimum atomic E-state index is -1.09. The largest absolute Gasteiger partial charge is 0.477 e. The molecule has 1 aliphatic heterocycles. The Kier molecular flexibility index (Phi) is 5.27. The second kappa shape index (κ2) is 7.17. The number of aromatic nitrogens is 1. The van der Waals surface area contributed by atoms with Gasteiger partial charge in [0.25, 0.3) is 5.91 Å². The summed E-state index contributed by atoms with van der Waals surface area (Å²) >= 11 is 0. The molecule has 0 spiro atoms. The zero-order chi connectivity index (χ0) is 15.2. The number of aromatic carboxylic acids is 1. The Morgan fingerprint density at radius 3 is 2.62 bits per heavy atom. The number of carboxylic acids is 1. The standard InChI is InChI=1S/C15H21N3O3/c1-2-18-7-5-11(6-8-18)9-17-14(19)12-3-4-13(15(20)21)16-10-12/h3-4,10-11H,2,5-9H2,1H3,(H,17,19)(H,20,21). The van der Waals surface area contributed by atoms with E-state index in [2.05, 4.69) is 22.1 Å². The lowest BCUT2D eigenvalue weighted by Crippen LogP contribution is -2.38. The molecule has 6 nitrogen and oxygen atoms in total. The highest BCUT2D eigenvalue weighted by molar-refractivity contribution is 5.94. The minimum Gasteiger partial charge on any atom is -0.477 e. The van der Waals surface area contributed by atoms with Gasteiger partial charge in [-0.25, -0.2) is 9.78 Å². The molecule has 0 bridgehead atoms. The van der Waals surface area contributed by atoms with Crippen molar-refractivity contribution in [3.05, 3.63) is 29.6 Å². The topological polar surface area (TPSA) is 82.5 Å². The van der Waals surface area contributed by atoms with Gasteiger partial charge in [-0.3, -0.25) is 4.79 Å². The normalized spacial score (nSPS) is 16.6. The summed E-state index contributed by atoms with van der Waals surface area (Å²) in [7, 11) is 0. The van der Waals surface area contributed by atoms with Gasteiger partial charge in [-0.15, -0.1) is 0 Å². The number of piperidine rings is 1. The van der Waals surface area contributed by atoms with Crippen LogP contribution in [0, 0.1) is 5.92 Å². The Labute approximate surface area is 124 Å². The van der Waals surface area contributed by atoms with Crippen molar-refractivity contribution in [2.24, 2.45) is 5.92 Å². The van der Waals surface area contributed by atoms with Crippen LogP contribution in [0.3, 0.4) is 0 Å². The number of hydrogen-bond donors (Lipinski definition) is 2. The van der Waals surface area contributed by atoms with Gasteiger partial charge in [-0.2, -0.15) is 0 Å². The minimum absolute atomic E-state index is 0.0570. The summed E-state index contributed by atoms with van der Waals surface area (Å²) in [6.07, 6.45) is 3.51. The predicted octanol–water partition coefficient (Wildman–Crippen LogP) is 1.24. The summed E-state index contributed by atoms with van der Waals surface area (Å²) in [6.45, 7) is 6.09. The highest BCUT2D eigenvalue weighted by atomic mass is 16.4. The highest BCUT2D eigenvalue weighted by Gasteiger charge is 2.19. The number of amides is 1. The van der Waals surface area contributed by atoms with Crippen molar-refractivity contribution in [1.82, 2.24) is 15.2 Å². The molecular weight excluding hydrogens is 270 g/mol. The molecule has 2 N–H and O–H groups in total. The van der Waals surface area contributed by atoms with Gasteiger partial charge in [0.1, 0.15) is 5.69 Å². The van der Waals surface area contributed by atoms with Crippen LogP contribution in [0.4, 0.5) is 0 Å². The van der Waals surface area contributed by atoms with Gasteiger partial charge in [0.15, 0.2) is 0 Å². The molecule has 6 heteroatoms. The third-order valence-corrected chi connectivity index (χ3v) is 3.95. The van der Waals surface area contributed by atoms with Crippen LogP contribution in [0.5, 0.6) is 0 Å². The first-order valence-electron chi connectivity index (χ1n) is 7.30. The lowest BCUT2D eigenvalue weighted by molar-refractivity contribution is 0.0689. The van der Waals surface area contributed by atoms with E-state index in [1.807, 2.05) is 0 Å². The van der Waals surface area contributed by atoms with E-state index >= 15 is 0 Å². The summed E-state index contributed by atoms with van der Waals surface area (Å²) in [5.41, 5.74) is 0.337. The number of nitrogens with zero attached hydrogens (tertiary/aromatic N) is 2. The zero-order valence-corrected chi connectivity index (χ0v) is 12.2. The highest BCUT2D eigenvalue weighted by Crippen LogP contribution is 2.16. The molecule has 2 heterocycles. The number of carboxylic acid groups (broad SMARTS) is 1. The molecule has 1 aromatic heterocycles. The summed E-state index contributed by atoms with van der Waals surface area (Å²) in [5.74, 6) is -0.773. The maximum atomic E-state index is 12.0. The van der Waals surface area contributed by atoms with Crippen molar-refractivity contribution in [2.75, 3.05) is 26.2 Å². The van der Waals surface area contributed by atoms with Gasteiger partial charge in [0.2, 0.25) is 0 Å². The zero-order valence-electron chi connectivity index (χ0n) is 12.2. The van der Waals surface area contributed by atoms with E-state index in [-0.39, 0.29) is 11.6 Å². The van der Waals surface area contributed by atoms with E-state index in [0.717, 1.165) is 32.5 Å². The molecule has 114 valence electrons. The van der Waals surface area contributed by atoms with Gasteiger partial charge in [0.05, 0.1) is 5.56 Å². The molecule has 1 saturated heterocycles. The van der Waals surface area contributed by atoms with Crippen molar-refractivity contribution in [3.63, 3.8) is 0 Å². The fourth-order valence-electron chi connectivity index (χ4n) is 2.50. The van der Waals surface area contributed by atoms with E-state index in [9.17, 15) is 9.59 Å². The van der Waals surface area contributed by atoms with Crippen LogP contribution in [-0.4, -0.2) is 53.0 Å². The predicted molar refractivity (Wildman–Crippen MR) is 78.4 cm³/mol. The molecule has 1 aliphatic rings. The fraction of sp³-hybridized carbons (Fsp3) is 0.533. The Balaban J connectivity index is 1.80.